The summed E-state index contributed by atoms with van der Waals surface area (Å²) in [6, 6.07) is 3.86. The molecule has 0 bridgehead atoms. The zero-order valence-corrected chi connectivity index (χ0v) is 8.98. The Morgan fingerprint density at radius 1 is 1.40 bits per heavy atom. The van der Waals surface area contributed by atoms with E-state index in [2.05, 4.69) is 5.32 Å². The minimum absolute atomic E-state index is 0.175. The van der Waals surface area contributed by atoms with E-state index in [0.29, 0.717) is 5.56 Å². The number of halogens is 2. The monoisotopic (exact) mass is 211 g/mol. The van der Waals surface area contributed by atoms with E-state index in [-0.39, 0.29) is 23.1 Å². The second kappa shape index (κ2) is 3.56. The number of hydrogen-bond acceptors (Lipinski definition) is 1. The molecule has 1 aromatic rings. The van der Waals surface area contributed by atoms with E-state index in [1.807, 2.05) is 13.8 Å². The van der Waals surface area contributed by atoms with Gasteiger partial charge in [0.1, 0.15) is 11.6 Å². The molecule has 1 saturated heterocycles. The van der Waals surface area contributed by atoms with Crippen molar-refractivity contribution in [3.05, 3.63) is 35.4 Å². The third-order valence-corrected chi connectivity index (χ3v) is 3.59. The van der Waals surface area contributed by atoms with Gasteiger partial charge in [0, 0.05) is 11.5 Å². The summed E-state index contributed by atoms with van der Waals surface area (Å²) in [4.78, 5) is 0. The summed E-state index contributed by atoms with van der Waals surface area (Å²) in [6.07, 6.45) is 0.842. The molecule has 2 atom stereocenters. The van der Waals surface area contributed by atoms with Crippen LogP contribution in [0.5, 0.6) is 0 Å². The first kappa shape index (κ1) is 10.6. The molecule has 0 amide bonds. The maximum atomic E-state index is 13.6. The van der Waals surface area contributed by atoms with Crippen LogP contribution in [0.2, 0.25) is 0 Å². The molecule has 1 nitrogen and oxygen atoms in total. The predicted octanol–water partition coefficient (Wildman–Crippen LogP) is 2.60. The van der Waals surface area contributed by atoms with Crippen molar-refractivity contribution in [2.45, 2.75) is 31.7 Å². The van der Waals surface area contributed by atoms with Gasteiger partial charge >= 0.3 is 0 Å². The molecule has 0 aromatic heterocycles. The molecule has 82 valence electrons. The topological polar surface area (TPSA) is 12.0 Å². The lowest BCUT2D eigenvalue weighted by Crippen LogP contribution is -2.36. The van der Waals surface area contributed by atoms with Gasteiger partial charge in [0.25, 0.3) is 0 Å². The highest BCUT2D eigenvalue weighted by Crippen LogP contribution is 2.36. The van der Waals surface area contributed by atoms with E-state index in [1.165, 1.54) is 12.1 Å². The van der Waals surface area contributed by atoms with Crippen molar-refractivity contribution < 1.29 is 8.78 Å². The number of rotatable bonds is 1. The van der Waals surface area contributed by atoms with Gasteiger partial charge in [-0.15, -0.1) is 0 Å². The van der Waals surface area contributed by atoms with Crippen molar-refractivity contribution in [2.24, 2.45) is 0 Å². The third-order valence-electron chi connectivity index (χ3n) is 3.59. The Hall–Kier alpha value is -0.960. The predicted molar refractivity (Wildman–Crippen MR) is 55.8 cm³/mol. The minimum atomic E-state index is -0.369. The molecule has 0 spiro atoms. The lowest BCUT2D eigenvalue weighted by atomic mass is 9.76. The number of nitrogens with one attached hydrogen (secondary N) is 1. The molecule has 1 aromatic carbocycles. The van der Waals surface area contributed by atoms with Gasteiger partial charge in [0.05, 0.1) is 0 Å². The Morgan fingerprint density at radius 3 is 2.73 bits per heavy atom. The van der Waals surface area contributed by atoms with E-state index in [1.54, 1.807) is 0 Å². The highest BCUT2D eigenvalue weighted by Gasteiger charge is 2.39. The van der Waals surface area contributed by atoms with Crippen LogP contribution in [0.25, 0.3) is 0 Å². The molecule has 1 aliphatic rings. The van der Waals surface area contributed by atoms with Gasteiger partial charge in [-0.05, 0) is 43.7 Å². The Morgan fingerprint density at radius 2 is 2.13 bits per heavy atom. The van der Waals surface area contributed by atoms with Crippen molar-refractivity contribution in [3.8, 4) is 0 Å². The average Bonchev–Trinajstić information content (AvgIpc) is 2.52. The Kier molecular flexibility index (Phi) is 2.51. The van der Waals surface area contributed by atoms with Crippen LogP contribution in [0.1, 0.15) is 25.8 Å². The van der Waals surface area contributed by atoms with Crippen LogP contribution in [0.3, 0.4) is 0 Å². The standard InChI is InChI=1S/C12H15F2N/c1-8-12(2,5-6-15-8)10-7-9(13)3-4-11(10)14/h3-4,7-8,15H,5-6H2,1-2H3. The molecular formula is C12H15F2N. The maximum absolute atomic E-state index is 13.6. The second-order valence-corrected chi connectivity index (χ2v) is 4.47. The van der Waals surface area contributed by atoms with Gasteiger partial charge in [-0.3, -0.25) is 0 Å². The summed E-state index contributed by atoms with van der Waals surface area (Å²) < 4.78 is 26.8. The van der Waals surface area contributed by atoms with Crippen molar-refractivity contribution in [1.82, 2.24) is 5.32 Å². The molecule has 0 saturated carbocycles. The highest BCUT2D eigenvalue weighted by molar-refractivity contribution is 5.30. The molecule has 1 aliphatic heterocycles. The smallest absolute Gasteiger partial charge is 0.127 e. The van der Waals surface area contributed by atoms with Gasteiger partial charge < -0.3 is 5.32 Å². The maximum Gasteiger partial charge on any atom is 0.127 e. The van der Waals surface area contributed by atoms with Gasteiger partial charge in [-0.1, -0.05) is 6.92 Å². The van der Waals surface area contributed by atoms with E-state index in [9.17, 15) is 8.78 Å². The van der Waals surface area contributed by atoms with Crippen LogP contribution in [0.15, 0.2) is 18.2 Å². The van der Waals surface area contributed by atoms with Gasteiger partial charge in [-0.2, -0.15) is 0 Å². The van der Waals surface area contributed by atoms with Crippen LogP contribution in [0.4, 0.5) is 8.78 Å². The molecule has 2 rings (SSSR count). The van der Waals surface area contributed by atoms with Crippen molar-refractivity contribution >= 4 is 0 Å². The van der Waals surface area contributed by atoms with Crippen LogP contribution in [-0.4, -0.2) is 12.6 Å². The molecule has 15 heavy (non-hydrogen) atoms. The summed E-state index contributed by atoms with van der Waals surface area (Å²) in [6.45, 7) is 4.85. The quantitative estimate of drug-likeness (QED) is 0.753. The van der Waals surface area contributed by atoms with Crippen LogP contribution < -0.4 is 5.32 Å². The Labute approximate surface area is 88.5 Å². The van der Waals surface area contributed by atoms with Crippen LogP contribution in [-0.2, 0) is 5.41 Å². The fourth-order valence-electron chi connectivity index (χ4n) is 2.29. The lowest BCUT2D eigenvalue weighted by Gasteiger charge is -2.29. The Balaban J connectivity index is 2.48. The van der Waals surface area contributed by atoms with Gasteiger partial charge in [0.15, 0.2) is 0 Å². The summed E-state index contributed by atoms with van der Waals surface area (Å²) >= 11 is 0. The zero-order chi connectivity index (χ0) is 11.1. The van der Waals surface area contributed by atoms with Gasteiger partial charge in [0.2, 0.25) is 0 Å². The molecule has 2 unspecified atom stereocenters. The molecule has 3 heteroatoms. The number of hydrogen-bond donors (Lipinski definition) is 1. The summed E-state index contributed by atoms with van der Waals surface area (Å²) in [5.41, 5.74) is 0.187. The lowest BCUT2D eigenvalue weighted by molar-refractivity contribution is 0.403. The second-order valence-electron chi connectivity index (χ2n) is 4.47. The highest BCUT2D eigenvalue weighted by atomic mass is 19.1. The summed E-state index contributed by atoms with van der Waals surface area (Å²) in [5.74, 6) is -0.679. The minimum Gasteiger partial charge on any atom is -0.313 e. The zero-order valence-electron chi connectivity index (χ0n) is 8.98. The molecule has 0 radical (unpaired) electrons. The summed E-state index contributed by atoms with van der Waals surface area (Å²) in [7, 11) is 0. The molecular weight excluding hydrogens is 196 g/mol. The summed E-state index contributed by atoms with van der Waals surface area (Å²) in [5, 5.41) is 3.27. The fourth-order valence-corrected chi connectivity index (χ4v) is 2.29. The molecule has 0 aliphatic carbocycles. The largest absolute Gasteiger partial charge is 0.313 e. The van der Waals surface area contributed by atoms with E-state index >= 15 is 0 Å². The van der Waals surface area contributed by atoms with Crippen LogP contribution in [0, 0.1) is 11.6 Å². The van der Waals surface area contributed by atoms with Crippen LogP contribution >= 0.6 is 0 Å². The van der Waals surface area contributed by atoms with Gasteiger partial charge in [-0.25, -0.2) is 8.78 Å². The van der Waals surface area contributed by atoms with Crippen molar-refractivity contribution in [2.75, 3.05) is 6.54 Å². The normalized spacial score (nSPS) is 30.8. The first-order chi connectivity index (χ1) is 7.04. The SMILES string of the molecule is CC1NCCC1(C)c1cc(F)ccc1F. The van der Waals surface area contributed by atoms with E-state index < -0.39 is 0 Å². The fraction of sp³-hybridized carbons (Fsp3) is 0.500. The van der Waals surface area contributed by atoms with Crippen molar-refractivity contribution in [1.29, 1.82) is 0 Å². The average molecular weight is 211 g/mol. The Bertz CT molecular complexity index is 378. The molecule has 1 fully saturated rings. The van der Waals surface area contributed by atoms with E-state index in [0.717, 1.165) is 19.0 Å². The first-order valence-corrected chi connectivity index (χ1v) is 5.23. The third kappa shape index (κ3) is 1.65. The molecule has 1 heterocycles. The molecule has 1 N–H and O–H groups in total. The van der Waals surface area contributed by atoms with E-state index in [4.69, 9.17) is 0 Å². The first-order valence-electron chi connectivity index (χ1n) is 5.23. The van der Waals surface area contributed by atoms with Crippen molar-refractivity contribution in [3.63, 3.8) is 0 Å². The number of benzene rings is 1.